The zero-order valence-electron chi connectivity index (χ0n) is 17.4. The second kappa shape index (κ2) is 11.7. The summed E-state index contributed by atoms with van der Waals surface area (Å²) < 4.78 is 5.66. The van der Waals surface area contributed by atoms with E-state index in [4.69, 9.17) is 14.9 Å². The molecule has 3 N–H and O–H groups in total. The lowest BCUT2D eigenvalue weighted by Gasteiger charge is -2.25. The van der Waals surface area contributed by atoms with Crippen LogP contribution in [0.2, 0.25) is 0 Å². The molecular formula is C23H27NO7. The molecule has 2 aromatic carbocycles. The Morgan fingerprint density at radius 2 is 1.39 bits per heavy atom. The molecule has 1 unspecified atom stereocenters. The van der Waals surface area contributed by atoms with Crippen molar-refractivity contribution in [2.24, 2.45) is 0 Å². The average Bonchev–Trinajstić information content (AvgIpc) is 2.72. The quantitative estimate of drug-likeness (QED) is 0.415. The zero-order chi connectivity index (χ0) is 22.8. The molecule has 0 spiro atoms. The second-order valence-electron chi connectivity index (χ2n) is 7.17. The van der Waals surface area contributed by atoms with E-state index in [1.165, 1.54) is 0 Å². The van der Waals surface area contributed by atoms with Gasteiger partial charge in [-0.2, -0.15) is 0 Å². The second-order valence-corrected chi connectivity index (χ2v) is 7.17. The van der Waals surface area contributed by atoms with Gasteiger partial charge in [-0.1, -0.05) is 49.7 Å². The molecule has 1 atom stereocenters. The molecule has 31 heavy (non-hydrogen) atoms. The van der Waals surface area contributed by atoms with E-state index >= 15 is 0 Å². The normalized spacial score (nSPS) is 11.8. The highest BCUT2D eigenvalue weighted by Gasteiger charge is 2.29. The summed E-state index contributed by atoms with van der Waals surface area (Å²) in [6, 6.07) is 13.6. The van der Waals surface area contributed by atoms with Crippen LogP contribution in [0.3, 0.4) is 0 Å². The monoisotopic (exact) mass is 429 g/mol. The summed E-state index contributed by atoms with van der Waals surface area (Å²) >= 11 is 0. The molecule has 0 saturated heterocycles. The van der Waals surface area contributed by atoms with Gasteiger partial charge in [-0.05, 0) is 41.7 Å². The van der Waals surface area contributed by atoms with Crippen LogP contribution in [0.15, 0.2) is 48.5 Å². The van der Waals surface area contributed by atoms with Gasteiger partial charge in [0.25, 0.3) is 0 Å². The molecule has 2 rings (SSSR count). The lowest BCUT2D eigenvalue weighted by atomic mass is 10.00. The van der Waals surface area contributed by atoms with Crippen LogP contribution in [0.5, 0.6) is 5.75 Å². The Hall–Kier alpha value is -3.39. The lowest BCUT2D eigenvalue weighted by Crippen LogP contribution is -2.47. The Labute approximate surface area is 180 Å². The minimum atomic E-state index is -1.29. The number of benzene rings is 2. The number of ether oxygens (including phenoxy) is 1. The third kappa shape index (κ3) is 7.75. The van der Waals surface area contributed by atoms with Crippen LogP contribution < -0.4 is 4.74 Å². The topological polar surface area (TPSA) is 124 Å². The van der Waals surface area contributed by atoms with Gasteiger partial charge in [0.15, 0.2) is 0 Å². The van der Waals surface area contributed by atoms with Crippen molar-refractivity contribution in [2.45, 2.75) is 32.2 Å². The Morgan fingerprint density at radius 1 is 0.871 bits per heavy atom. The van der Waals surface area contributed by atoms with Gasteiger partial charge in [-0.15, -0.1) is 0 Å². The molecule has 0 amide bonds. The molecule has 0 aliphatic rings. The first-order valence-electron chi connectivity index (χ1n) is 10.0. The van der Waals surface area contributed by atoms with Crippen LogP contribution in [0.25, 0.3) is 11.1 Å². The summed E-state index contributed by atoms with van der Waals surface area (Å²) in [5, 5.41) is 27.5. The third-order valence-electron chi connectivity index (χ3n) is 4.74. The van der Waals surface area contributed by atoms with E-state index in [-0.39, 0.29) is 6.42 Å². The molecule has 0 saturated carbocycles. The van der Waals surface area contributed by atoms with E-state index in [0.717, 1.165) is 34.6 Å². The summed E-state index contributed by atoms with van der Waals surface area (Å²) in [5.41, 5.74) is 2.57. The van der Waals surface area contributed by atoms with Crippen molar-refractivity contribution in [3.8, 4) is 16.9 Å². The molecule has 2 aromatic rings. The van der Waals surface area contributed by atoms with Crippen molar-refractivity contribution in [3.05, 3.63) is 54.1 Å². The third-order valence-corrected chi connectivity index (χ3v) is 4.74. The maximum absolute atomic E-state index is 11.7. The Morgan fingerprint density at radius 3 is 1.84 bits per heavy atom. The van der Waals surface area contributed by atoms with Crippen LogP contribution in [0, 0.1) is 0 Å². The first-order valence-corrected chi connectivity index (χ1v) is 10.0. The number of hydrogen-bond acceptors (Lipinski definition) is 5. The van der Waals surface area contributed by atoms with E-state index < -0.39 is 37.0 Å². The number of carboxylic acids is 3. The van der Waals surface area contributed by atoms with E-state index in [1.807, 2.05) is 36.4 Å². The minimum absolute atomic E-state index is 0.0135. The van der Waals surface area contributed by atoms with Gasteiger partial charge >= 0.3 is 17.9 Å². The predicted molar refractivity (Wildman–Crippen MR) is 114 cm³/mol. The molecule has 0 fully saturated rings. The number of rotatable bonds is 13. The fraction of sp³-hybridized carbons (Fsp3) is 0.348. The highest BCUT2D eigenvalue weighted by molar-refractivity contribution is 5.78. The molecule has 0 aromatic heterocycles. The first kappa shape index (κ1) is 23.9. The molecule has 0 radical (unpaired) electrons. The maximum atomic E-state index is 11.7. The van der Waals surface area contributed by atoms with E-state index in [1.54, 1.807) is 12.1 Å². The van der Waals surface area contributed by atoms with Gasteiger partial charge in [0.2, 0.25) is 0 Å². The van der Waals surface area contributed by atoms with Gasteiger partial charge in [0.05, 0.1) is 19.7 Å². The minimum Gasteiger partial charge on any atom is -0.494 e. The van der Waals surface area contributed by atoms with Gasteiger partial charge in [0, 0.05) is 0 Å². The zero-order valence-corrected chi connectivity index (χ0v) is 17.4. The van der Waals surface area contributed by atoms with Crippen molar-refractivity contribution >= 4 is 17.9 Å². The van der Waals surface area contributed by atoms with Gasteiger partial charge in [-0.3, -0.25) is 19.3 Å². The molecule has 0 bridgehead atoms. The first-order chi connectivity index (χ1) is 14.8. The molecule has 0 aliphatic heterocycles. The fourth-order valence-corrected chi connectivity index (χ4v) is 3.13. The van der Waals surface area contributed by atoms with Gasteiger partial charge in [0.1, 0.15) is 11.8 Å². The largest absolute Gasteiger partial charge is 0.494 e. The highest BCUT2D eigenvalue weighted by atomic mass is 16.5. The van der Waals surface area contributed by atoms with Gasteiger partial charge < -0.3 is 20.1 Å². The highest BCUT2D eigenvalue weighted by Crippen LogP contribution is 2.23. The van der Waals surface area contributed by atoms with E-state index in [9.17, 15) is 19.5 Å². The average molecular weight is 429 g/mol. The van der Waals surface area contributed by atoms with E-state index in [0.29, 0.717) is 12.2 Å². The number of nitrogens with zero attached hydrogens (tertiary/aromatic N) is 1. The van der Waals surface area contributed by atoms with Crippen LogP contribution in [-0.4, -0.2) is 63.9 Å². The number of unbranched alkanes of at least 4 members (excludes halogenated alkanes) is 1. The summed E-state index contributed by atoms with van der Waals surface area (Å²) in [6.07, 6.45) is 2.05. The Kier molecular flexibility index (Phi) is 9.02. The number of carboxylic acid groups (broad SMARTS) is 3. The SMILES string of the molecule is CCCCOc1ccc(-c2ccc(CC(C(=O)O)N(CC(=O)O)CC(=O)O)cc2)cc1. The molecule has 8 heteroatoms. The van der Waals surface area contributed by atoms with Crippen molar-refractivity contribution in [1.29, 1.82) is 0 Å². The summed E-state index contributed by atoms with van der Waals surface area (Å²) in [7, 11) is 0. The molecule has 0 aliphatic carbocycles. The number of hydrogen-bond donors (Lipinski definition) is 3. The van der Waals surface area contributed by atoms with Crippen LogP contribution >= 0.6 is 0 Å². The smallest absolute Gasteiger partial charge is 0.321 e. The van der Waals surface area contributed by atoms with Gasteiger partial charge in [-0.25, -0.2) is 0 Å². The Bertz CT molecular complexity index is 862. The molecular weight excluding hydrogens is 402 g/mol. The van der Waals surface area contributed by atoms with E-state index in [2.05, 4.69) is 6.92 Å². The lowest BCUT2D eigenvalue weighted by molar-refractivity contribution is -0.149. The van der Waals surface area contributed by atoms with Crippen LogP contribution in [0.1, 0.15) is 25.3 Å². The summed E-state index contributed by atoms with van der Waals surface area (Å²) in [5.74, 6) is -3.05. The van der Waals surface area contributed by atoms with Crippen molar-refractivity contribution in [2.75, 3.05) is 19.7 Å². The molecule has 0 heterocycles. The number of aliphatic carboxylic acids is 3. The molecule has 166 valence electrons. The summed E-state index contributed by atoms with van der Waals surface area (Å²) in [6.45, 7) is 1.43. The standard InChI is InChI=1S/C23H27NO7/c1-2-3-12-31-19-10-8-18(9-11-19)17-6-4-16(5-7-17)13-20(23(29)30)24(14-21(25)26)15-22(27)28/h4-11,20H,2-3,12-15H2,1H3,(H,25,26)(H,27,28)(H,29,30). The predicted octanol–water partition coefficient (Wildman–Crippen LogP) is 3.00. The van der Waals surface area contributed by atoms with Crippen molar-refractivity contribution < 1.29 is 34.4 Å². The van der Waals surface area contributed by atoms with Crippen molar-refractivity contribution in [1.82, 2.24) is 4.90 Å². The Balaban J connectivity index is 2.10. The van der Waals surface area contributed by atoms with Crippen LogP contribution in [0.4, 0.5) is 0 Å². The van der Waals surface area contributed by atoms with Crippen LogP contribution in [-0.2, 0) is 20.8 Å². The fourth-order valence-electron chi connectivity index (χ4n) is 3.13. The van der Waals surface area contributed by atoms with Crippen molar-refractivity contribution in [3.63, 3.8) is 0 Å². The number of carbonyl (C=O) groups is 3. The molecule has 8 nitrogen and oxygen atoms in total. The summed E-state index contributed by atoms with van der Waals surface area (Å²) in [4.78, 5) is 34.7. The maximum Gasteiger partial charge on any atom is 0.321 e.